The Morgan fingerprint density at radius 3 is 2.23 bits per heavy atom. The Bertz CT molecular complexity index is 1570. The molecule has 0 spiro atoms. The predicted octanol–water partition coefficient (Wildman–Crippen LogP) is 5.93. The topological polar surface area (TPSA) is 103 Å². The Morgan fingerprint density at radius 2 is 1.62 bits per heavy atom. The van der Waals surface area contributed by atoms with Gasteiger partial charge >= 0.3 is 11.9 Å². The van der Waals surface area contributed by atoms with Crippen LogP contribution in [0.15, 0.2) is 107 Å². The molecule has 0 saturated carbocycles. The molecule has 8 nitrogen and oxygen atoms in total. The Kier molecular flexibility index (Phi) is 11.5. The van der Waals surface area contributed by atoms with Gasteiger partial charge in [-0.1, -0.05) is 90.5 Å². The highest BCUT2D eigenvalue weighted by atomic mass is 35.5. The maximum Gasteiger partial charge on any atom is 0.337 e. The van der Waals surface area contributed by atoms with Crippen molar-refractivity contribution < 1.29 is 23.8 Å². The van der Waals surface area contributed by atoms with E-state index in [9.17, 15) is 9.59 Å². The molecule has 9 heteroatoms. The number of carbonyl (C=O) groups excluding carboxylic acids is 2. The summed E-state index contributed by atoms with van der Waals surface area (Å²) < 4.78 is 17.4. The largest absolute Gasteiger partial charge is 0.466 e. The maximum absolute atomic E-state index is 14.4. The third kappa shape index (κ3) is 8.14. The molecule has 3 aromatic rings. The Labute approximate surface area is 282 Å². The summed E-state index contributed by atoms with van der Waals surface area (Å²) in [5, 5.41) is 3.66. The minimum absolute atomic E-state index is 0.0809. The summed E-state index contributed by atoms with van der Waals surface area (Å²) in [6.07, 6.45) is 1.60. The number of hydrogen-bond donors (Lipinski definition) is 2. The van der Waals surface area contributed by atoms with E-state index >= 15 is 0 Å². The van der Waals surface area contributed by atoms with E-state index in [4.69, 9.17) is 31.5 Å². The molecule has 0 radical (unpaired) electrons. The Balaban J connectivity index is 1.39. The summed E-state index contributed by atoms with van der Waals surface area (Å²) in [5.74, 6) is -1.65. The van der Waals surface area contributed by atoms with Crippen LogP contribution >= 0.6 is 11.6 Å². The van der Waals surface area contributed by atoms with Crippen LogP contribution in [0.2, 0.25) is 5.02 Å². The van der Waals surface area contributed by atoms with Crippen molar-refractivity contribution in [3.8, 4) is 0 Å². The van der Waals surface area contributed by atoms with Gasteiger partial charge in [-0.25, -0.2) is 9.59 Å². The molecule has 2 heterocycles. The van der Waals surface area contributed by atoms with Gasteiger partial charge in [-0.05, 0) is 49.6 Å². The van der Waals surface area contributed by atoms with Crippen LogP contribution in [0.5, 0.6) is 0 Å². The number of benzene rings is 3. The van der Waals surface area contributed by atoms with Crippen molar-refractivity contribution >= 4 is 23.5 Å². The summed E-state index contributed by atoms with van der Waals surface area (Å²) in [6.45, 7) is 6.69. The molecule has 5 rings (SSSR count). The maximum atomic E-state index is 14.4. The van der Waals surface area contributed by atoms with Gasteiger partial charge in [-0.15, -0.1) is 0 Å². The lowest BCUT2D eigenvalue weighted by molar-refractivity contribution is -0.152. The molecule has 248 valence electrons. The molecule has 0 aliphatic carbocycles. The van der Waals surface area contributed by atoms with Crippen LogP contribution in [-0.2, 0) is 23.8 Å². The number of ether oxygens (including phenoxy) is 3. The standard InChI is InChI=1S/C38H44ClN3O5/c1-26-33(36(43)45-3)34(30-16-10-11-17-31(30)39)35(32(41-26)24-46-23-20-40)37(44)47-38(2)19-22-42(25-38)21-18-29(27-12-6-4-7-13-27)28-14-8-5-9-15-28/h4-17,29,34,41H,18-25,40H2,1-3H3/t34?,38-/m1/s1. The van der Waals surface area contributed by atoms with Crippen LogP contribution < -0.4 is 11.1 Å². The lowest BCUT2D eigenvalue weighted by atomic mass is 9.80. The lowest BCUT2D eigenvalue weighted by Gasteiger charge is -2.34. The first-order chi connectivity index (χ1) is 22.7. The number of nitrogens with zero attached hydrogens (tertiary/aromatic N) is 1. The molecule has 3 N–H and O–H groups in total. The average molecular weight is 658 g/mol. The number of halogens is 1. The van der Waals surface area contributed by atoms with Gasteiger partial charge in [-0.2, -0.15) is 0 Å². The number of allylic oxidation sites excluding steroid dienone is 1. The molecule has 47 heavy (non-hydrogen) atoms. The quantitative estimate of drug-likeness (QED) is 0.172. The predicted molar refractivity (Wildman–Crippen MR) is 184 cm³/mol. The van der Waals surface area contributed by atoms with Gasteiger partial charge in [0.25, 0.3) is 0 Å². The average Bonchev–Trinajstić information content (AvgIpc) is 3.45. The minimum Gasteiger partial charge on any atom is -0.466 e. The van der Waals surface area contributed by atoms with E-state index in [-0.39, 0.29) is 18.1 Å². The van der Waals surface area contributed by atoms with Crippen LogP contribution in [0.1, 0.15) is 55.2 Å². The highest BCUT2D eigenvalue weighted by Crippen LogP contribution is 2.43. The third-order valence-electron chi connectivity index (χ3n) is 8.99. The van der Waals surface area contributed by atoms with Gasteiger partial charge in [0.15, 0.2) is 0 Å². The van der Waals surface area contributed by atoms with E-state index in [1.54, 1.807) is 13.0 Å². The first kappa shape index (κ1) is 34.4. The summed E-state index contributed by atoms with van der Waals surface area (Å²) in [5.41, 5.74) is 9.73. The fourth-order valence-corrected chi connectivity index (χ4v) is 6.94. The van der Waals surface area contributed by atoms with Crippen molar-refractivity contribution in [2.24, 2.45) is 5.73 Å². The zero-order chi connectivity index (χ0) is 33.4. The van der Waals surface area contributed by atoms with Crippen LogP contribution in [0.3, 0.4) is 0 Å². The fraction of sp³-hybridized carbons (Fsp3) is 0.368. The highest BCUT2D eigenvalue weighted by Gasteiger charge is 2.43. The smallest absolute Gasteiger partial charge is 0.337 e. The summed E-state index contributed by atoms with van der Waals surface area (Å²) in [4.78, 5) is 29.9. The number of likely N-dealkylation sites (tertiary alicyclic amines) is 1. The number of nitrogens with two attached hydrogens (primary N) is 1. The molecule has 3 aromatic carbocycles. The summed E-state index contributed by atoms with van der Waals surface area (Å²) in [6, 6.07) is 28.3. The molecule has 1 saturated heterocycles. The molecule has 1 unspecified atom stereocenters. The fourth-order valence-electron chi connectivity index (χ4n) is 6.70. The number of dihydropyridines is 1. The first-order valence-electron chi connectivity index (χ1n) is 16.1. The number of rotatable bonds is 13. The zero-order valence-corrected chi connectivity index (χ0v) is 28.1. The monoisotopic (exact) mass is 657 g/mol. The molecule has 2 aliphatic rings. The van der Waals surface area contributed by atoms with Crippen molar-refractivity contribution in [2.75, 3.05) is 46.5 Å². The number of methoxy groups -OCH3 is 1. The molecule has 0 amide bonds. The van der Waals surface area contributed by atoms with Crippen molar-refractivity contribution in [3.63, 3.8) is 0 Å². The van der Waals surface area contributed by atoms with Crippen LogP contribution in [0, 0.1) is 0 Å². The van der Waals surface area contributed by atoms with E-state index in [1.807, 2.05) is 37.3 Å². The van der Waals surface area contributed by atoms with Crippen LogP contribution in [0.4, 0.5) is 0 Å². The van der Waals surface area contributed by atoms with Gasteiger partial charge in [0.05, 0.1) is 43.1 Å². The second kappa shape index (κ2) is 15.8. The Morgan fingerprint density at radius 1 is 0.979 bits per heavy atom. The number of nitrogens with one attached hydrogen (secondary N) is 1. The molecular weight excluding hydrogens is 614 g/mol. The number of carbonyl (C=O) groups is 2. The van der Waals surface area contributed by atoms with Gasteiger partial charge in [0.2, 0.25) is 0 Å². The normalized spacial score (nSPS) is 20.0. The molecule has 1 fully saturated rings. The Hall–Kier alpha value is -3.95. The summed E-state index contributed by atoms with van der Waals surface area (Å²) in [7, 11) is 1.32. The van der Waals surface area contributed by atoms with Crippen molar-refractivity contribution in [3.05, 3.63) is 129 Å². The van der Waals surface area contributed by atoms with Crippen LogP contribution in [-0.4, -0.2) is 68.9 Å². The van der Waals surface area contributed by atoms with Crippen molar-refractivity contribution in [2.45, 2.75) is 44.1 Å². The second-order valence-corrected chi connectivity index (χ2v) is 12.8. The van der Waals surface area contributed by atoms with Crippen molar-refractivity contribution in [1.29, 1.82) is 0 Å². The van der Waals surface area contributed by atoms with Gasteiger partial charge in [0, 0.05) is 42.7 Å². The highest BCUT2D eigenvalue weighted by molar-refractivity contribution is 6.31. The number of esters is 2. The van der Waals surface area contributed by atoms with E-state index in [0.717, 1.165) is 19.5 Å². The molecule has 2 aliphatic heterocycles. The minimum atomic E-state index is -0.819. The van der Waals surface area contributed by atoms with E-state index in [0.29, 0.717) is 53.7 Å². The molecule has 0 aromatic heterocycles. The van der Waals surface area contributed by atoms with E-state index < -0.39 is 23.5 Å². The molecule has 0 bridgehead atoms. The lowest BCUT2D eigenvalue weighted by Crippen LogP contribution is -2.40. The first-order valence-corrected chi connectivity index (χ1v) is 16.5. The van der Waals surface area contributed by atoms with Crippen molar-refractivity contribution in [1.82, 2.24) is 10.2 Å². The molecular formula is C38H44ClN3O5. The van der Waals surface area contributed by atoms with E-state index in [1.165, 1.54) is 18.2 Å². The third-order valence-corrected chi connectivity index (χ3v) is 9.33. The number of hydrogen-bond acceptors (Lipinski definition) is 8. The van der Waals surface area contributed by atoms with Crippen LogP contribution in [0.25, 0.3) is 0 Å². The van der Waals surface area contributed by atoms with Gasteiger partial charge in [0.1, 0.15) is 5.60 Å². The second-order valence-electron chi connectivity index (χ2n) is 12.4. The van der Waals surface area contributed by atoms with Gasteiger partial charge in [-0.3, -0.25) is 4.90 Å². The van der Waals surface area contributed by atoms with Gasteiger partial charge < -0.3 is 25.3 Å². The SMILES string of the molecule is COC(=O)C1=C(C)NC(COCCN)=C(C(=O)O[C@]2(C)CCN(CCC(c3ccccc3)c3ccccc3)C2)C1c1ccccc1Cl. The molecule has 2 atom stereocenters. The summed E-state index contributed by atoms with van der Waals surface area (Å²) >= 11 is 6.70. The van der Waals surface area contributed by atoms with E-state index in [2.05, 4.69) is 58.7 Å². The zero-order valence-electron chi connectivity index (χ0n) is 27.3.